The minimum absolute atomic E-state index is 0.0525. The van der Waals surface area contributed by atoms with Gasteiger partial charge < -0.3 is 23.8 Å². The standard InChI is InChI=1S/C28H29NO4/c1-17-6-8-18(9-7-17)28-22-16-27(33-5)25(31-3)14-20(22)12-23-21-15-26(32-4)24(30-2)13-19(21)10-11-29(23)28/h6-11,13-16,23,28H,12H2,1-5H3. The van der Waals surface area contributed by atoms with E-state index in [0.717, 1.165) is 35.0 Å². The first-order valence-electron chi connectivity index (χ1n) is 11.1. The van der Waals surface area contributed by atoms with Gasteiger partial charge in [-0.3, -0.25) is 0 Å². The highest BCUT2D eigenvalue weighted by Gasteiger charge is 2.38. The third-order valence-corrected chi connectivity index (χ3v) is 6.78. The SMILES string of the molecule is COc1cc2c(cc1OC)C1Cc3cc(OC)c(OC)cc3C(c3ccc(C)cc3)N1C=C2. The van der Waals surface area contributed by atoms with Gasteiger partial charge in [0.2, 0.25) is 0 Å². The average molecular weight is 444 g/mol. The van der Waals surface area contributed by atoms with Crippen LogP contribution in [0.3, 0.4) is 0 Å². The summed E-state index contributed by atoms with van der Waals surface area (Å²) in [6, 6.07) is 17.4. The molecule has 0 bridgehead atoms. The lowest BCUT2D eigenvalue weighted by Crippen LogP contribution is -2.37. The highest BCUT2D eigenvalue weighted by molar-refractivity contribution is 5.65. The Morgan fingerprint density at radius 1 is 0.727 bits per heavy atom. The minimum atomic E-state index is 0.0525. The zero-order chi connectivity index (χ0) is 23.1. The van der Waals surface area contributed by atoms with Crippen LogP contribution in [0.1, 0.15) is 45.5 Å². The van der Waals surface area contributed by atoms with E-state index in [1.807, 2.05) is 0 Å². The second-order valence-corrected chi connectivity index (χ2v) is 8.54. The maximum absolute atomic E-state index is 5.66. The van der Waals surface area contributed by atoms with Gasteiger partial charge in [-0.25, -0.2) is 0 Å². The molecule has 2 heterocycles. The molecule has 2 aliphatic heterocycles. The molecular weight excluding hydrogens is 414 g/mol. The third kappa shape index (κ3) is 3.48. The van der Waals surface area contributed by atoms with Crippen LogP contribution in [0.15, 0.2) is 54.7 Å². The number of aryl methyl sites for hydroxylation is 1. The van der Waals surface area contributed by atoms with Gasteiger partial charge in [0.05, 0.1) is 40.5 Å². The van der Waals surface area contributed by atoms with E-state index >= 15 is 0 Å². The van der Waals surface area contributed by atoms with Crippen LogP contribution in [0.5, 0.6) is 23.0 Å². The fourth-order valence-corrected chi connectivity index (χ4v) is 5.09. The molecule has 170 valence electrons. The van der Waals surface area contributed by atoms with Gasteiger partial charge in [0, 0.05) is 6.20 Å². The number of hydrogen-bond acceptors (Lipinski definition) is 5. The Balaban J connectivity index is 1.71. The summed E-state index contributed by atoms with van der Waals surface area (Å²) in [6.07, 6.45) is 5.23. The van der Waals surface area contributed by atoms with Crippen molar-refractivity contribution < 1.29 is 18.9 Å². The summed E-state index contributed by atoms with van der Waals surface area (Å²) < 4.78 is 22.5. The van der Waals surface area contributed by atoms with E-state index in [0.29, 0.717) is 0 Å². The number of nitrogens with zero attached hydrogens (tertiary/aromatic N) is 1. The molecule has 2 atom stereocenters. The Hall–Kier alpha value is -3.60. The molecule has 0 saturated carbocycles. The Bertz CT molecular complexity index is 1220. The first-order chi connectivity index (χ1) is 16.1. The summed E-state index contributed by atoms with van der Waals surface area (Å²) in [5.41, 5.74) is 7.37. The second-order valence-electron chi connectivity index (χ2n) is 8.54. The van der Waals surface area contributed by atoms with Gasteiger partial charge in [-0.05, 0) is 71.5 Å². The van der Waals surface area contributed by atoms with Crippen molar-refractivity contribution in [2.45, 2.75) is 25.4 Å². The summed E-state index contributed by atoms with van der Waals surface area (Å²) in [6.45, 7) is 2.12. The van der Waals surface area contributed by atoms with Crippen molar-refractivity contribution in [2.24, 2.45) is 0 Å². The fraction of sp³-hybridized carbons (Fsp3) is 0.286. The third-order valence-electron chi connectivity index (χ3n) is 6.78. The van der Waals surface area contributed by atoms with Crippen molar-refractivity contribution in [2.75, 3.05) is 28.4 Å². The molecule has 5 heteroatoms. The molecule has 0 amide bonds. The zero-order valence-electron chi connectivity index (χ0n) is 19.7. The van der Waals surface area contributed by atoms with Crippen molar-refractivity contribution >= 4 is 6.08 Å². The van der Waals surface area contributed by atoms with Crippen molar-refractivity contribution in [3.05, 3.63) is 88.1 Å². The molecule has 0 spiro atoms. The van der Waals surface area contributed by atoms with Gasteiger partial charge in [-0.15, -0.1) is 0 Å². The van der Waals surface area contributed by atoms with Gasteiger partial charge in [-0.2, -0.15) is 0 Å². The smallest absolute Gasteiger partial charge is 0.161 e. The van der Waals surface area contributed by atoms with E-state index in [4.69, 9.17) is 18.9 Å². The lowest BCUT2D eigenvalue weighted by atomic mass is 9.80. The molecule has 33 heavy (non-hydrogen) atoms. The van der Waals surface area contributed by atoms with Crippen LogP contribution in [-0.2, 0) is 6.42 Å². The zero-order valence-corrected chi connectivity index (χ0v) is 19.7. The number of benzene rings is 3. The second kappa shape index (κ2) is 8.39. The predicted molar refractivity (Wildman–Crippen MR) is 129 cm³/mol. The maximum atomic E-state index is 5.66. The fourth-order valence-electron chi connectivity index (χ4n) is 5.09. The van der Waals surface area contributed by atoms with Crippen molar-refractivity contribution in [3.8, 4) is 23.0 Å². The largest absolute Gasteiger partial charge is 0.493 e. The average Bonchev–Trinajstić information content (AvgIpc) is 2.86. The molecule has 2 unspecified atom stereocenters. The minimum Gasteiger partial charge on any atom is -0.493 e. The number of methoxy groups -OCH3 is 4. The molecule has 0 saturated heterocycles. The van der Waals surface area contributed by atoms with Crippen LogP contribution in [-0.4, -0.2) is 33.3 Å². The van der Waals surface area contributed by atoms with E-state index < -0.39 is 0 Å². The van der Waals surface area contributed by atoms with Crippen molar-refractivity contribution in [3.63, 3.8) is 0 Å². The van der Waals surface area contributed by atoms with Crippen LogP contribution in [0, 0.1) is 6.92 Å². The summed E-state index contributed by atoms with van der Waals surface area (Å²) in [5.74, 6) is 2.99. The van der Waals surface area contributed by atoms with Gasteiger partial charge in [0.1, 0.15) is 0 Å². The predicted octanol–water partition coefficient (Wildman–Crippen LogP) is 5.70. The molecule has 3 aromatic rings. The van der Waals surface area contributed by atoms with Gasteiger partial charge >= 0.3 is 0 Å². The highest BCUT2D eigenvalue weighted by Crippen LogP contribution is 2.50. The normalized spacial score (nSPS) is 18.2. The van der Waals surface area contributed by atoms with Gasteiger partial charge in [0.25, 0.3) is 0 Å². The molecule has 0 fully saturated rings. The van der Waals surface area contributed by atoms with E-state index in [2.05, 4.69) is 72.6 Å². The maximum Gasteiger partial charge on any atom is 0.161 e. The highest BCUT2D eigenvalue weighted by atomic mass is 16.5. The molecule has 0 aromatic heterocycles. The first-order valence-corrected chi connectivity index (χ1v) is 11.1. The quantitative estimate of drug-likeness (QED) is 0.506. The molecule has 3 aromatic carbocycles. The van der Waals surface area contributed by atoms with Crippen LogP contribution in [0.25, 0.3) is 6.08 Å². The van der Waals surface area contributed by atoms with E-state index in [1.165, 1.54) is 27.8 Å². The number of fused-ring (bicyclic) bond motifs is 4. The van der Waals surface area contributed by atoms with Crippen molar-refractivity contribution in [1.29, 1.82) is 0 Å². The lowest BCUT2D eigenvalue weighted by molar-refractivity contribution is 0.208. The van der Waals surface area contributed by atoms with E-state index in [1.54, 1.807) is 28.4 Å². The van der Waals surface area contributed by atoms with Crippen LogP contribution in [0.2, 0.25) is 0 Å². The summed E-state index contributed by atoms with van der Waals surface area (Å²) in [4.78, 5) is 2.45. The Morgan fingerprint density at radius 2 is 1.30 bits per heavy atom. The number of rotatable bonds is 5. The number of ether oxygens (including phenoxy) is 4. The topological polar surface area (TPSA) is 40.2 Å². The first kappa shape index (κ1) is 21.3. The summed E-state index contributed by atoms with van der Waals surface area (Å²) in [7, 11) is 6.73. The Labute approximate surface area is 195 Å². The van der Waals surface area contributed by atoms with E-state index in [9.17, 15) is 0 Å². The molecule has 0 radical (unpaired) electrons. The molecule has 5 rings (SSSR count). The summed E-state index contributed by atoms with van der Waals surface area (Å²) in [5, 5.41) is 0. The molecule has 5 nitrogen and oxygen atoms in total. The molecule has 2 aliphatic rings. The van der Waals surface area contributed by atoms with E-state index in [-0.39, 0.29) is 12.1 Å². The molecular formula is C28H29NO4. The van der Waals surface area contributed by atoms with Crippen LogP contribution >= 0.6 is 0 Å². The Morgan fingerprint density at radius 3 is 1.94 bits per heavy atom. The van der Waals surface area contributed by atoms with Crippen LogP contribution < -0.4 is 18.9 Å². The van der Waals surface area contributed by atoms with Crippen molar-refractivity contribution in [1.82, 2.24) is 4.90 Å². The lowest BCUT2D eigenvalue weighted by Gasteiger charge is -2.46. The molecule has 0 N–H and O–H groups in total. The monoisotopic (exact) mass is 443 g/mol. The summed E-state index contributed by atoms with van der Waals surface area (Å²) >= 11 is 0. The van der Waals surface area contributed by atoms with Crippen LogP contribution in [0.4, 0.5) is 0 Å². The Kier molecular flexibility index (Phi) is 5.41. The number of hydrogen-bond donors (Lipinski definition) is 0. The van der Waals surface area contributed by atoms with Gasteiger partial charge in [0.15, 0.2) is 23.0 Å². The molecule has 0 aliphatic carbocycles. The van der Waals surface area contributed by atoms with Gasteiger partial charge in [-0.1, -0.05) is 29.8 Å².